The number of ether oxygens (including phenoxy) is 2. The maximum Gasteiger partial charge on any atom is 0.413 e. The van der Waals surface area contributed by atoms with Crippen LogP contribution in [0.1, 0.15) is 20.8 Å². The molecule has 0 aliphatic heterocycles. The predicted molar refractivity (Wildman–Crippen MR) is 59.6 cm³/mol. The van der Waals surface area contributed by atoms with E-state index in [1.54, 1.807) is 33.9 Å². The molecule has 0 unspecified atom stereocenters. The topological polar surface area (TPSA) is 65.4 Å². The molecule has 1 heterocycles. The van der Waals surface area contributed by atoms with Crippen LogP contribution in [0, 0.1) is 0 Å². The minimum atomic E-state index is -0.521. The number of hydrogen-bond acceptors (Lipinski definition) is 4. The van der Waals surface area contributed by atoms with Gasteiger partial charge in [0.2, 0.25) is 5.88 Å². The van der Waals surface area contributed by atoms with Crippen molar-refractivity contribution in [1.82, 2.24) is 9.78 Å². The molecule has 90 valence electrons. The third-order valence-electron chi connectivity index (χ3n) is 1.70. The quantitative estimate of drug-likeness (QED) is 0.836. The zero-order valence-electron chi connectivity index (χ0n) is 10.2. The van der Waals surface area contributed by atoms with Crippen LogP contribution in [0.15, 0.2) is 6.07 Å². The second-order valence-corrected chi connectivity index (χ2v) is 4.32. The van der Waals surface area contributed by atoms with Crippen molar-refractivity contribution in [2.45, 2.75) is 26.4 Å². The summed E-state index contributed by atoms with van der Waals surface area (Å²) in [5, 5.41) is 6.58. The van der Waals surface area contributed by atoms with Crippen molar-refractivity contribution in [3.63, 3.8) is 0 Å². The van der Waals surface area contributed by atoms with Crippen molar-refractivity contribution in [2.24, 2.45) is 7.05 Å². The molecule has 1 rings (SSSR count). The van der Waals surface area contributed by atoms with Gasteiger partial charge >= 0.3 is 6.09 Å². The third-order valence-corrected chi connectivity index (χ3v) is 1.70. The number of anilines is 1. The van der Waals surface area contributed by atoms with Crippen LogP contribution in [0.5, 0.6) is 5.88 Å². The van der Waals surface area contributed by atoms with Gasteiger partial charge in [-0.05, 0) is 20.8 Å². The summed E-state index contributed by atoms with van der Waals surface area (Å²) in [5.74, 6) is 0.958. The second kappa shape index (κ2) is 4.42. The normalized spacial score (nSPS) is 11.1. The molecule has 1 amide bonds. The summed E-state index contributed by atoms with van der Waals surface area (Å²) >= 11 is 0. The molecule has 0 saturated heterocycles. The highest BCUT2D eigenvalue weighted by atomic mass is 16.6. The van der Waals surface area contributed by atoms with Gasteiger partial charge in [0.05, 0.1) is 7.11 Å². The monoisotopic (exact) mass is 227 g/mol. The zero-order chi connectivity index (χ0) is 12.3. The maximum absolute atomic E-state index is 11.5. The Morgan fingerprint density at radius 1 is 1.50 bits per heavy atom. The molecule has 1 N–H and O–H groups in total. The molecule has 1 aromatic heterocycles. The lowest BCUT2D eigenvalue weighted by molar-refractivity contribution is 0.0634. The van der Waals surface area contributed by atoms with Crippen LogP contribution < -0.4 is 10.1 Å². The standard InChI is InChI=1S/C10H17N3O3/c1-10(2,3)16-9(14)11-7-6-8(15-5)12-13(7)4/h6H,1-5H3,(H,11,14). The van der Waals surface area contributed by atoms with Gasteiger partial charge in [0.1, 0.15) is 11.4 Å². The van der Waals surface area contributed by atoms with Gasteiger partial charge < -0.3 is 9.47 Å². The fourth-order valence-corrected chi connectivity index (χ4v) is 1.07. The Bertz CT molecular complexity index is 379. The van der Waals surface area contributed by atoms with Gasteiger partial charge in [-0.3, -0.25) is 5.32 Å². The van der Waals surface area contributed by atoms with E-state index in [1.165, 1.54) is 11.8 Å². The van der Waals surface area contributed by atoms with Crippen molar-refractivity contribution in [1.29, 1.82) is 0 Å². The first-order valence-electron chi connectivity index (χ1n) is 4.90. The largest absolute Gasteiger partial charge is 0.480 e. The Morgan fingerprint density at radius 3 is 2.56 bits per heavy atom. The van der Waals surface area contributed by atoms with Crippen molar-refractivity contribution < 1.29 is 14.3 Å². The summed E-state index contributed by atoms with van der Waals surface area (Å²) in [4.78, 5) is 11.5. The third kappa shape index (κ3) is 3.45. The van der Waals surface area contributed by atoms with Gasteiger partial charge in [0, 0.05) is 13.1 Å². The average Bonchev–Trinajstić information content (AvgIpc) is 2.44. The van der Waals surface area contributed by atoms with Gasteiger partial charge in [-0.15, -0.1) is 5.10 Å². The van der Waals surface area contributed by atoms with Gasteiger partial charge in [-0.2, -0.15) is 0 Å². The fraction of sp³-hybridized carbons (Fsp3) is 0.600. The summed E-state index contributed by atoms with van der Waals surface area (Å²) in [6.07, 6.45) is -0.516. The maximum atomic E-state index is 11.5. The van der Waals surface area contributed by atoms with E-state index in [4.69, 9.17) is 9.47 Å². The summed E-state index contributed by atoms with van der Waals surface area (Å²) < 4.78 is 11.5. The van der Waals surface area contributed by atoms with Crippen molar-refractivity contribution in [2.75, 3.05) is 12.4 Å². The van der Waals surface area contributed by atoms with Crippen LogP contribution in [-0.4, -0.2) is 28.6 Å². The molecular formula is C10H17N3O3. The van der Waals surface area contributed by atoms with E-state index in [9.17, 15) is 4.79 Å². The smallest absolute Gasteiger partial charge is 0.413 e. The second-order valence-electron chi connectivity index (χ2n) is 4.32. The van der Waals surface area contributed by atoms with Crippen molar-refractivity contribution in [3.05, 3.63) is 6.07 Å². The molecule has 6 nitrogen and oxygen atoms in total. The molecule has 16 heavy (non-hydrogen) atoms. The number of carbonyl (C=O) groups excluding carboxylic acids is 1. The first-order chi connectivity index (χ1) is 7.31. The number of nitrogens with zero attached hydrogens (tertiary/aromatic N) is 2. The van der Waals surface area contributed by atoms with E-state index in [-0.39, 0.29) is 0 Å². The average molecular weight is 227 g/mol. The number of aryl methyl sites for hydroxylation is 1. The highest BCUT2D eigenvalue weighted by Gasteiger charge is 2.17. The molecule has 6 heteroatoms. The molecule has 0 spiro atoms. The minimum Gasteiger partial charge on any atom is -0.480 e. The first-order valence-corrected chi connectivity index (χ1v) is 4.90. The van der Waals surface area contributed by atoms with E-state index >= 15 is 0 Å². The van der Waals surface area contributed by atoms with E-state index in [2.05, 4.69) is 10.4 Å². The number of amides is 1. The van der Waals surface area contributed by atoms with Crippen LogP contribution in [0.25, 0.3) is 0 Å². The number of methoxy groups -OCH3 is 1. The van der Waals surface area contributed by atoms with Crippen LogP contribution in [0.2, 0.25) is 0 Å². The molecule has 0 aliphatic carbocycles. The molecule has 0 saturated carbocycles. The molecule has 0 radical (unpaired) electrons. The van der Waals surface area contributed by atoms with E-state index in [1.807, 2.05) is 0 Å². The summed E-state index contributed by atoms with van der Waals surface area (Å²) in [7, 11) is 3.22. The number of hydrogen-bond donors (Lipinski definition) is 1. The summed E-state index contributed by atoms with van der Waals surface area (Å²) in [5.41, 5.74) is -0.521. The number of rotatable bonds is 2. The number of nitrogens with one attached hydrogen (secondary N) is 1. The van der Waals surface area contributed by atoms with Crippen LogP contribution in [0.3, 0.4) is 0 Å². The van der Waals surface area contributed by atoms with E-state index < -0.39 is 11.7 Å². The lowest BCUT2D eigenvalue weighted by atomic mass is 10.2. The van der Waals surface area contributed by atoms with Gasteiger partial charge in [0.25, 0.3) is 0 Å². The zero-order valence-corrected chi connectivity index (χ0v) is 10.2. The SMILES string of the molecule is COc1cc(NC(=O)OC(C)(C)C)n(C)n1. The van der Waals surface area contributed by atoms with Crippen LogP contribution in [0.4, 0.5) is 10.6 Å². The lowest BCUT2D eigenvalue weighted by Crippen LogP contribution is -2.27. The molecule has 0 atom stereocenters. The van der Waals surface area contributed by atoms with Crippen LogP contribution >= 0.6 is 0 Å². The van der Waals surface area contributed by atoms with Gasteiger partial charge in [0.15, 0.2) is 0 Å². The minimum absolute atomic E-state index is 0.438. The van der Waals surface area contributed by atoms with Gasteiger partial charge in [-0.25, -0.2) is 9.48 Å². The number of carbonyl (C=O) groups is 1. The molecular weight excluding hydrogens is 210 g/mol. The first kappa shape index (κ1) is 12.4. The Labute approximate surface area is 94.5 Å². The van der Waals surface area contributed by atoms with Gasteiger partial charge in [-0.1, -0.05) is 0 Å². The van der Waals surface area contributed by atoms with Crippen molar-refractivity contribution in [3.8, 4) is 5.88 Å². The highest BCUT2D eigenvalue weighted by Crippen LogP contribution is 2.16. The molecule has 0 aliphatic rings. The van der Waals surface area contributed by atoms with E-state index in [0.717, 1.165) is 0 Å². The van der Waals surface area contributed by atoms with E-state index in [0.29, 0.717) is 11.7 Å². The predicted octanol–water partition coefficient (Wildman–Crippen LogP) is 1.78. The molecule has 1 aromatic rings. The lowest BCUT2D eigenvalue weighted by Gasteiger charge is -2.19. The fourth-order valence-electron chi connectivity index (χ4n) is 1.07. The summed E-state index contributed by atoms with van der Waals surface area (Å²) in [6.45, 7) is 5.41. The Hall–Kier alpha value is -1.72. The Balaban J connectivity index is 2.66. The Kier molecular flexibility index (Phi) is 3.41. The molecule has 0 bridgehead atoms. The van der Waals surface area contributed by atoms with Crippen molar-refractivity contribution >= 4 is 11.9 Å². The molecule has 0 aromatic carbocycles. The van der Waals surface area contributed by atoms with Crippen LogP contribution in [-0.2, 0) is 11.8 Å². The highest BCUT2D eigenvalue weighted by molar-refractivity contribution is 5.83. The molecule has 0 fully saturated rings. The summed E-state index contributed by atoms with van der Waals surface area (Å²) in [6, 6.07) is 1.62. The number of aromatic nitrogens is 2. The Morgan fingerprint density at radius 2 is 2.12 bits per heavy atom.